The van der Waals surface area contributed by atoms with Gasteiger partial charge in [0.25, 0.3) is 5.78 Å². The van der Waals surface area contributed by atoms with Crippen LogP contribution in [0.4, 0.5) is 5.82 Å². The monoisotopic (exact) mass is 414 g/mol. The molecule has 0 unspecified atom stereocenters. The highest BCUT2D eigenvalue weighted by molar-refractivity contribution is 5.65. The van der Waals surface area contributed by atoms with Gasteiger partial charge in [-0.1, -0.05) is 54.6 Å². The SMILES string of the molecule is OC1CCN(Cc2ccccc2CNc2cc(-c3ccccc3)nc3ncnn23)CC1. The average molecular weight is 415 g/mol. The second kappa shape index (κ2) is 8.83. The van der Waals surface area contributed by atoms with Gasteiger partial charge in [0, 0.05) is 37.8 Å². The number of fused-ring (bicyclic) bond motifs is 1. The predicted octanol–water partition coefficient (Wildman–Crippen LogP) is 3.36. The molecule has 0 amide bonds. The minimum Gasteiger partial charge on any atom is -0.393 e. The van der Waals surface area contributed by atoms with E-state index in [4.69, 9.17) is 0 Å². The third kappa shape index (κ3) is 4.42. The normalized spacial score (nSPS) is 15.4. The highest BCUT2D eigenvalue weighted by atomic mass is 16.3. The van der Waals surface area contributed by atoms with Crippen molar-refractivity contribution in [1.82, 2.24) is 24.5 Å². The van der Waals surface area contributed by atoms with Crippen LogP contribution in [-0.2, 0) is 13.1 Å². The molecule has 2 N–H and O–H groups in total. The molecule has 0 spiro atoms. The van der Waals surface area contributed by atoms with Crippen molar-refractivity contribution in [3.05, 3.63) is 78.1 Å². The van der Waals surface area contributed by atoms with Gasteiger partial charge in [-0.3, -0.25) is 4.90 Å². The number of aliphatic hydroxyl groups is 1. The number of anilines is 1. The van der Waals surface area contributed by atoms with Gasteiger partial charge >= 0.3 is 0 Å². The molecule has 0 saturated carbocycles. The molecule has 7 heteroatoms. The van der Waals surface area contributed by atoms with Gasteiger partial charge in [0.05, 0.1) is 11.8 Å². The Morgan fingerprint density at radius 2 is 1.71 bits per heavy atom. The quantitative estimate of drug-likeness (QED) is 0.504. The van der Waals surface area contributed by atoms with E-state index >= 15 is 0 Å². The van der Waals surface area contributed by atoms with E-state index in [1.807, 2.05) is 36.4 Å². The lowest BCUT2D eigenvalue weighted by Crippen LogP contribution is -2.35. The van der Waals surface area contributed by atoms with Crippen LogP contribution in [0.25, 0.3) is 17.0 Å². The molecule has 0 radical (unpaired) electrons. The summed E-state index contributed by atoms with van der Waals surface area (Å²) < 4.78 is 1.74. The average Bonchev–Trinajstić information content (AvgIpc) is 3.29. The van der Waals surface area contributed by atoms with Gasteiger partial charge in [0.15, 0.2) is 0 Å². The lowest BCUT2D eigenvalue weighted by atomic mass is 10.0. The second-order valence-electron chi connectivity index (χ2n) is 7.99. The van der Waals surface area contributed by atoms with Crippen molar-refractivity contribution >= 4 is 11.6 Å². The maximum absolute atomic E-state index is 9.78. The van der Waals surface area contributed by atoms with Crippen LogP contribution in [0, 0.1) is 0 Å². The van der Waals surface area contributed by atoms with Crippen LogP contribution >= 0.6 is 0 Å². The van der Waals surface area contributed by atoms with Crippen molar-refractivity contribution in [2.75, 3.05) is 18.4 Å². The first-order valence-electron chi connectivity index (χ1n) is 10.7. The van der Waals surface area contributed by atoms with E-state index in [-0.39, 0.29) is 6.10 Å². The van der Waals surface area contributed by atoms with E-state index in [9.17, 15) is 5.11 Å². The number of nitrogens with one attached hydrogen (secondary N) is 1. The molecular formula is C24H26N6O. The highest BCUT2D eigenvalue weighted by Gasteiger charge is 2.18. The van der Waals surface area contributed by atoms with E-state index in [0.29, 0.717) is 12.3 Å². The zero-order valence-corrected chi connectivity index (χ0v) is 17.4. The lowest BCUT2D eigenvalue weighted by molar-refractivity contribution is 0.0791. The van der Waals surface area contributed by atoms with Crippen molar-refractivity contribution < 1.29 is 5.11 Å². The molecule has 2 aromatic heterocycles. The van der Waals surface area contributed by atoms with Crippen LogP contribution in [0.2, 0.25) is 0 Å². The first kappa shape index (κ1) is 19.7. The van der Waals surface area contributed by atoms with Crippen LogP contribution in [0.15, 0.2) is 67.0 Å². The number of rotatable bonds is 6. The molecule has 3 heterocycles. The van der Waals surface area contributed by atoms with Crippen LogP contribution in [0.3, 0.4) is 0 Å². The third-order valence-corrected chi connectivity index (χ3v) is 5.85. The third-order valence-electron chi connectivity index (χ3n) is 5.85. The number of piperidine rings is 1. The summed E-state index contributed by atoms with van der Waals surface area (Å²) in [5.74, 6) is 1.43. The van der Waals surface area contributed by atoms with Crippen molar-refractivity contribution in [3.8, 4) is 11.3 Å². The number of nitrogens with zero attached hydrogens (tertiary/aromatic N) is 5. The molecule has 1 saturated heterocycles. The number of aliphatic hydroxyl groups excluding tert-OH is 1. The Morgan fingerprint density at radius 1 is 0.968 bits per heavy atom. The summed E-state index contributed by atoms with van der Waals surface area (Å²) in [4.78, 5) is 11.4. The van der Waals surface area contributed by atoms with Crippen molar-refractivity contribution in [1.29, 1.82) is 0 Å². The molecule has 2 aromatic carbocycles. The van der Waals surface area contributed by atoms with Crippen LogP contribution in [0.5, 0.6) is 0 Å². The van der Waals surface area contributed by atoms with Gasteiger partial charge in [-0.15, -0.1) is 0 Å². The molecule has 0 bridgehead atoms. The molecule has 158 valence electrons. The number of likely N-dealkylation sites (tertiary alicyclic amines) is 1. The van der Waals surface area contributed by atoms with Crippen LogP contribution < -0.4 is 5.32 Å². The summed E-state index contributed by atoms with van der Waals surface area (Å²) in [5, 5.41) is 17.7. The smallest absolute Gasteiger partial charge is 0.254 e. The molecule has 1 aliphatic heterocycles. The van der Waals surface area contributed by atoms with Gasteiger partial charge in [-0.05, 0) is 24.0 Å². The van der Waals surface area contributed by atoms with E-state index in [0.717, 1.165) is 49.6 Å². The zero-order valence-electron chi connectivity index (χ0n) is 17.4. The fourth-order valence-electron chi connectivity index (χ4n) is 4.08. The summed E-state index contributed by atoms with van der Waals surface area (Å²) in [6.07, 6.45) is 3.08. The number of aromatic nitrogens is 4. The first-order valence-corrected chi connectivity index (χ1v) is 10.7. The fraction of sp³-hybridized carbons (Fsp3) is 0.292. The van der Waals surface area contributed by atoms with Gasteiger partial charge in [0.2, 0.25) is 0 Å². The lowest BCUT2D eigenvalue weighted by Gasteiger charge is -2.30. The van der Waals surface area contributed by atoms with Crippen molar-refractivity contribution in [2.45, 2.75) is 32.0 Å². The van der Waals surface area contributed by atoms with Gasteiger partial charge in [-0.25, -0.2) is 4.98 Å². The molecule has 1 aliphatic rings. The Kier molecular flexibility index (Phi) is 5.60. The first-order chi connectivity index (χ1) is 15.3. The topological polar surface area (TPSA) is 78.6 Å². The minimum atomic E-state index is -0.149. The summed E-state index contributed by atoms with van der Waals surface area (Å²) in [6.45, 7) is 3.45. The zero-order chi connectivity index (χ0) is 21.0. The summed E-state index contributed by atoms with van der Waals surface area (Å²) in [7, 11) is 0. The van der Waals surface area contributed by atoms with E-state index in [1.54, 1.807) is 4.52 Å². The molecule has 1 fully saturated rings. The van der Waals surface area contributed by atoms with Crippen molar-refractivity contribution in [2.24, 2.45) is 0 Å². The minimum absolute atomic E-state index is 0.149. The fourth-order valence-corrected chi connectivity index (χ4v) is 4.08. The molecular weight excluding hydrogens is 388 g/mol. The summed E-state index contributed by atoms with van der Waals surface area (Å²) in [6, 6.07) is 20.6. The van der Waals surface area contributed by atoms with E-state index in [2.05, 4.69) is 49.5 Å². The Bertz CT molecular complexity index is 1150. The van der Waals surface area contributed by atoms with Crippen molar-refractivity contribution in [3.63, 3.8) is 0 Å². The molecule has 0 atom stereocenters. The molecule has 4 aromatic rings. The Balaban J connectivity index is 1.37. The summed E-state index contributed by atoms with van der Waals surface area (Å²) >= 11 is 0. The largest absolute Gasteiger partial charge is 0.393 e. The van der Waals surface area contributed by atoms with Gasteiger partial charge in [-0.2, -0.15) is 14.6 Å². The molecule has 7 nitrogen and oxygen atoms in total. The molecule has 31 heavy (non-hydrogen) atoms. The van der Waals surface area contributed by atoms with Crippen LogP contribution in [-0.4, -0.2) is 48.8 Å². The maximum atomic E-state index is 9.78. The summed E-state index contributed by atoms with van der Waals surface area (Å²) in [5.41, 5.74) is 4.46. The highest BCUT2D eigenvalue weighted by Crippen LogP contribution is 2.22. The molecule has 5 rings (SSSR count). The Labute approximate surface area is 181 Å². The Hall–Kier alpha value is -3.29. The standard InChI is InChI=1S/C24H26N6O/c31-21-10-12-29(13-11-21)16-20-9-5-4-8-19(20)15-25-23-14-22(18-6-2-1-3-7-18)28-24-26-17-27-30(23)24/h1-9,14,17,21,25,31H,10-13,15-16H2. The van der Waals surface area contributed by atoms with E-state index < -0.39 is 0 Å². The van der Waals surface area contributed by atoms with Gasteiger partial charge in [0.1, 0.15) is 12.1 Å². The Morgan fingerprint density at radius 3 is 2.52 bits per heavy atom. The number of benzene rings is 2. The van der Waals surface area contributed by atoms with Gasteiger partial charge < -0.3 is 10.4 Å². The molecule has 0 aliphatic carbocycles. The predicted molar refractivity (Wildman–Crippen MR) is 121 cm³/mol. The second-order valence-corrected chi connectivity index (χ2v) is 7.99. The van der Waals surface area contributed by atoms with E-state index in [1.165, 1.54) is 17.5 Å². The number of hydrogen-bond acceptors (Lipinski definition) is 6. The number of hydrogen-bond donors (Lipinski definition) is 2. The van der Waals surface area contributed by atoms with Crippen LogP contribution in [0.1, 0.15) is 24.0 Å². The maximum Gasteiger partial charge on any atom is 0.254 e.